The predicted molar refractivity (Wildman–Crippen MR) is 204 cm³/mol. The first-order chi connectivity index (χ1) is 25.4. The highest BCUT2D eigenvalue weighted by molar-refractivity contribution is 5.98. The number of benzene rings is 3. The number of amides is 2. The van der Waals surface area contributed by atoms with Gasteiger partial charge in [0.1, 0.15) is 12.4 Å². The smallest absolute Gasteiger partial charge is 0.267 e. The van der Waals surface area contributed by atoms with Gasteiger partial charge in [-0.25, -0.2) is 28.8 Å². The summed E-state index contributed by atoms with van der Waals surface area (Å²) in [7, 11) is 4.11. The third-order valence-electron chi connectivity index (χ3n) is 8.72. The molecule has 10 heteroatoms. The maximum Gasteiger partial charge on any atom is 0.286 e. The number of hydrogen-bond acceptors (Lipinski definition) is 4. The summed E-state index contributed by atoms with van der Waals surface area (Å²) >= 11 is 0. The van der Waals surface area contributed by atoms with E-state index in [0.717, 1.165) is 44.9 Å². The SMILES string of the molecule is Cn1c(-c2ccc(/C=C/C=N\NC(=O)c3ccc(C(=O)N/N=C/C=C\c4ccc(-c5cn6ccccc6[n+]5C)cc4)cc3)cc2)c[n+]2ccccc12. The van der Waals surface area contributed by atoms with E-state index in [1.807, 2.05) is 73.1 Å². The molecule has 7 rings (SSSR count). The molecule has 52 heavy (non-hydrogen) atoms. The maximum atomic E-state index is 12.5. The van der Waals surface area contributed by atoms with Crippen LogP contribution in [-0.4, -0.2) is 33.2 Å². The Balaban J connectivity index is 0.856. The lowest BCUT2D eigenvalue weighted by atomic mass is 10.1. The third-order valence-corrected chi connectivity index (χ3v) is 8.72. The van der Waals surface area contributed by atoms with E-state index in [0.29, 0.717) is 11.1 Å². The van der Waals surface area contributed by atoms with Crippen molar-refractivity contribution in [1.82, 2.24) is 19.8 Å². The number of hydrogen-bond donors (Lipinski definition) is 2. The molecule has 0 saturated heterocycles. The van der Waals surface area contributed by atoms with E-state index in [9.17, 15) is 9.59 Å². The molecule has 0 radical (unpaired) electrons. The van der Waals surface area contributed by atoms with Gasteiger partial charge in [0.25, 0.3) is 23.1 Å². The third kappa shape index (κ3) is 7.36. The zero-order valence-corrected chi connectivity index (χ0v) is 28.7. The minimum atomic E-state index is -0.388. The molecule has 3 aromatic carbocycles. The molecule has 0 aliphatic carbocycles. The lowest BCUT2D eigenvalue weighted by Gasteiger charge is -2.02. The van der Waals surface area contributed by atoms with Crippen LogP contribution in [-0.2, 0) is 14.1 Å². The summed E-state index contributed by atoms with van der Waals surface area (Å²) in [6.45, 7) is 0. The number of aryl methyl sites for hydroxylation is 2. The fourth-order valence-electron chi connectivity index (χ4n) is 5.92. The molecular formula is C42H36N8O2+2. The molecule has 0 unspecified atom stereocenters. The van der Waals surface area contributed by atoms with Crippen molar-refractivity contribution in [3.05, 3.63) is 168 Å². The molecule has 254 valence electrons. The lowest BCUT2D eigenvalue weighted by Crippen LogP contribution is -2.29. The molecule has 0 spiro atoms. The summed E-state index contributed by atoms with van der Waals surface area (Å²) in [5, 5.41) is 8.01. The van der Waals surface area contributed by atoms with E-state index in [1.165, 1.54) is 12.4 Å². The first-order valence-electron chi connectivity index (χ1n) is 16.7. The standard InChI is InChI=1S/C42H34N8O2/c1-47-37(29-49-27-5-3-11-39(47)49)33-17-13-31(14-18-33)9-7-25-43-45-41(51)35-21-23-36(24-22-35)42(52)46-44-26-8-10-32-15-19-34(20-16-32)38-30-50-28-6-4-12-40(50)48(38)2/h3-30H,1-2H3/p+2/b9-7-,10-8+,43-25+,44-26-. The molecule has 2 N–H and O–H groups in total. The summed E-state index contributed by atoms with van der Waals surface area (Å²) in [5.74, 6) is -0.776. The summed E-state index contributed by atoms with van der Waals surface area (Å²) < 4.78 is 8.52. The van der Waals surface area contributed by atoms with Crippen LogP contribution < -0.4 is 19.8 Å². The number of hydrazone groups is 2. The van der Waals surface area contributed by atoms with Crippen molar-refractivity contribution in [3.8, 4) is 22.5 Å². The highest BCUT2D eigenvalue weighted by Crippen LogP contribution is 2.21. The Bertz CT molecular complexity index is 2330. The molecule has 0 aliphatic rings. The second kappa shape index (κ2) is 15.1. The molecule has 10 nitrogen and oxygen atoms in total. The number of pyridine rings is 2. The second-order valence-electron chi connectivity index (χ2n) is 12.1. The van der Waals surface area contributed by atoms with Crippen LogP contribution in [0.1, 0.15) is 31.8 Å². The Morgan fingerprint density at radius 2 is 1.23 bits per heavy atom. The van der Waals surface area contributed by atoms with Gasteiger partial charge in [-0.2, -0.15) is 10.2 Å². The zero-order valence-electron chi connectivity index (χ0n) is 28.7. The van der Waals surface area contributed by atoms with Crippen molar-refractivity contribution in [2.75, 3.05) is 0 Å². The number of rotatable bonds is 10. The van der Waals surface area contributed by atoms with Crippen molar-refractivity contribution >= 4 is 47.7 Å². The lowest BCUT2D eigenvalue weighted by molar-refractivity contribution is -0.633. The summed E-state index contributed by atoms with van der Waals surface area (Å²) in [5.41, 5.74) is 14.5. The number of nitrogens with one attached hydrogen (secondary N) is 2. The molecule has 0 aliphatic heterocycles. The van der Waals surface area contributed by atoms with Crippen molar-refractivity contribution in [2.24, 2.45) is 24.3 Å². The van der Waals surface area contributed by atoms with Crippen molar-refractivity contribution in [2.45, 2.75) is 0 Å². The molecule has 0 atom stereocenters. The van der Waals surface area contributed by atoms with Gasteiger partial charge in [-0.3, -0.25) is 9.59 Å². The van der Waals surface area contributed by atoms with Crippen LogP contribution in [0.2, 0.25) is 0 Å². The zero-order chi connectivity index (χ0) is 35.9. The summed E-state index contributed by atoms with van der Waals surface area (Å²) in [6.07, 6.45) is 18.7. The predicted octanol–water partition coefficient (Wildman–Crippen LogP) is 6.03. The Labute approximate surface area is 300 Å². The van der Waals surface area contributed by atoms with Crippen LogP contribution in [0.3, 0.4) is 0 Å². The van der Waals surface area contributed by atoms with Gasteiger partial charge in [-0.05, 0) is 83.9 Å². The first-order valence-corrected chi connectivity index (χ1v) is 16.7. The van der Waals surface area contributed by atoms with Crippen molar-refractivity contribution < 1.29 is 18.6 Å². The van der Waals surface area contributed by atoms with Gasteiger partial charge in [-0.1, -0.05) is 48.6 Å². The molecule has 2 amide bonds. The maximum absolute atomic E-state index is 12.5. The van der Waals surface area contributed by atoms with Gasteiger partial charge in [-0.15, -0.1) is 0 Å². The van der Waals surface area contributed by atoms with Gasteiger partial charge >= 0.3 is 0 Å². The first kappa shape index (κ1) is 33.3. The van der Waals surface area contributed by atoms with E-state index in [2.05, 4.69) is 102 Å². The monoisotopic (exact) mass is 684 g/mol. The Kier molecular flexibility index (Phi) is 9.70. The van der Waals surface area contributed by atoms with E-state index < -0.39 is 0 Å². The van der Waals surface area contributed by atoms with Crippen LogP contribution in [0.5, 0.6) is 0 Å². The quantitative estimate of drug-likeness (QED) is 0.104. The number of aromatic nitrogens is 4. The van der Waals surface area contributed by atoms with Crippen LogP contribution in [0.4, 0.5) is 0 Å². The van der Waals surface area contributed by atoms with Gasteiger partial charge < -0.3 is 0 Å². The summed E-state index contributed by atoms with van der Waals surface area (Å²) in [6, 6.07) is 34.9. The second-order valence-corrected chi connectivity index (χ2v) is 12.1. The normalized spacial score (nSPS) is 11.9. The molecule has 0 fully saturated rings. The Morgan fingerprint density at radius 1 is 0.673 bits per heavy atom. The average molecular weight is 685 g/mol. The fraction of sp³-hybridized carbons (Fsp3) is 0.0476. The van der Waals surface area contributed by atoms with Crippen LogP contribution in [0, 0.1) is 0 Å². The van der Waals surface area contributed by atoms with Crippen molar-refractivity contribution in [1.29, 1.82) is 0 Å². The average Bonchev–Trinajstić information content (AvgIpc) is 3.71. The van der Waals surface area contributed by atoms with E-state index in [1.54, 1.807) is 36.4 Å². The van der Waals surface area contributed by atoms with E-state index in [-0.39, 0.29) is 11.8 Å². The van der Waals surface area contributed by atoms with Gasteiger partial charge in [0, 0.05) is 46.8 Å². The minimum Gasteiger partial charge on any atom is -0.267 e. The van der Waals surface area contributed by atoms with Gasteiger partial charge in [0.05, 0.1) is 26.5 Å². The number of imidazole rings is 2. The number of carbonyl (C=O) groups is 2. The largest absolute Gasteiger partial charge is 0.286 e. The topological polar surface area (TPSA) is 100 Å². The fourth-order valence-corrected chi connectivity index (χ4v) is 5.92. The number of carbonyl (C=O) groups excluding carboxylic acids is 2. The number of fused-ring (bicyclic) bond motifs is 2. The molecule has 0 bridgehead atoms. The van der Waals surface area contributed by atoms with Gasteiger partial charge in [0.2, 0.25) is 0 Å². The van der Waals surface area contributed by atoms with Crippen LogP contribution in [0.25, 0.3) is 46.0 Å². The molecule has 4 aromatic heterocycles. The Hall–Kier alpha value is -7.20. The van der Waals surface area contributed by atoms with Crippen molar-refractivity contribution in [3.63, 3.8) is 0 Å². The summed E-state index contributed by atoms with van der Waals surface area (Å²) in [4.78, 5) is 25.1. The number of allylic oxidation sites excluding steroid dienone is 2. The van der Waals surface area contributed by atoms with Crippen LogP contribution in [0.15, 0.2) is 156 Å². The van der Waals surface area contributed by atoms with Crippen LogP contribution >= 0.6 is 0 Å². The van der Waals surface area contributed by atoms with Gasteiger partial charge in [0.15, 0.2) is 11.4 Å². The molecular weight excluding hydrogens is 649 g/mol. The minimum absolute atomic E-state index is 0.372. The highest BCUT2D eigenvalue weighted by atomic mass is 16.2. The number of nitrogens with zero attached hydrogens (tertiary/aromatic N) is 6. The molecule has 4 heterocycles. The highest BCUT2D eigenvalue weighted by Gasteiger charge is 2.16. The van der Waals surface area contributed by atoms with E-state index in [4.69, 9.17) is 0 Å². The Morgan fingerprint density at radius 3 is 1.81 bits per heavy atom. The van der Waals surface area contributed by atoms with E-state index >= 15 is 0 Å². The molecule has 7 aromatic rings. The molecule has 0 saturated carbocycles.